The second-order valence-electron chi connectivity index (χ2n) is 1.76. The van der Waals surface area contributed by atoms with Crippen LogP contribution in [0.15, 0.2) is 35.5 Å². The molecule has 0 aliphatic heterocycles. The molecule has 0 aliphatic carbocycles. The van der Waals surface area contributed by atoms with Crippen LogP contribution in [0.2, 0.25) is 0 Å². The first-order valence-electron chi connectivity index (χ1n) is 2.77. The predicted octanol–water partition coefficient (Wildman–Crippen LogP) is 1.79. The van der Waals surface area contributed by atoms with Crippen molar-refractivity contribution in [1.82, 2.24) is 0 Å². The first-order chi connectivity index (χ1) is 4.84. The number of hydrogen-bond acceptors (Lipinski definition) is 2. The molecule has 0 fully saturated rings. The lowest BCUT2D eigenvalue weighted by molar-refractivity contribution is 0.312. The van der Waals surface area contributed by atoms with Crippen LogP contribution in [0, 0.1) is 0 Å². The molecule has 0 saturated carbocycles. The van der Waals surface area contributed by atoms with Crippen LogP contribution in [0.4, 0.5) is 4.39 Å². The summed E-state index contributed by atoms with van der Waals surface area (Å²) in [6, 6.07) is 8.14. The van der Waals surface area contributed by atoms with Gasteiger partial charge in [0.15, 0.2) is 0 Å². The highest BCUT2D eigenvalue weighted by molar-refractivity contribution is 5.92. The second-order valence-corrected chi connectivity index (χ2v) is 1.76. The second kappa shape index (κ2) is 2.96. The number of nitrogens with zero attached hydrogens (tertiary/aromatic N) is 1. The first kappa shape index (κ1) is 6.74. The molecule has 2 nitrogen and oxygen atoms in total. The molecule has 0 amide bonds. The molecule has 1 aromatic rings. The Morgan fingerprint density at radius 2 is 1.90 bits per heavy atom. The van der Waals surface area contributed by atoms with Crippen LogP contribution >= 0.6 is 0 Å². The smallest absolute Gasteiger partial charge is 0.256 e. The highest BCUT2D eigenvalue weighted by Crippen LogP contribution is 2.00. The summed E-state index contributed by atoms with van der Waals surface area (Å²) in [6.07, 6.45) is 0. The van der Waals surface area contributed by atoms with Crippen molar-refractivity contribution in [3.05, 3.63) is 35.9 Å². The van der Waals surface area contributed by atoms with E-state index < -0.39 is 5.97 Å². The lowest BCUT2D eigenvalue weighted by atomic mass is 10.2. The molecule has 0 radical (unpaired) electrons. The van der Waals surface area contributed by atoms with Gasteiger partial charge in [-0.25, -0.2) is 0 Å². The molecule has 0 saturated heterocycles. The zero-order chi connectivity index (χ0) is 7.40. The maximum absolute atomic E-state index is 12.4. The van der Waals surface area contributed by atoms with Crippen LogP contribution in [0.3, 0.4) is 0 Å². The lowest BCUT2D eigenvalue weighted by Gasteiger charge is -1.90. The van der Waals surface area contributed by atoms with Crippen molar-refractivity contribution in [1.29, 1.82) is 0 Å². The molecule has 0 heterocycles. The van der Waals surface area contributed by atoms with Crippen LogP contribution in [0.1, 0.15) is 5.56 Å². The Hall–Kier alpha value is -1.38. The Balaban J connectivity index is 2.96. The van der Waals surface area contributed by atoms with Crippen LogP contribution in [-0.4, -0.2) is 11.2 Å². The van der Waals surface area contributed by atoms with Crippen molar-refractivity contribution in [3.8, 4) is 0 Å². The van der Waals surface area contributed by atoms with Crippen molar-refractivity contribution in [3.63, 3.8) is 0 Å². The minimum atomic E-state index is -0.861. The fraction of sp³-hybridized carbons (Fsp3) is 0. The number of rotatable bonds is 1. The van der Waals surface area contributed by atoms with Crippen molar-refractivity contribution in [2.75, 3.05) is 0 Å². The topological polar surface area (TPSA) is 32.6 Å². The molecule has 0 unspecified atom stereocenters. The standard InChI is InChI=1S/C7H6FNO/c8-7(9-10)6-4-2-1-3-5-6/h1-5,10H. The largest absolute Gasteiger partial charge is 0.408 e. The van der Waals surface area contributed by atoms with Gasteiger partial charge in [0.05, 0.1) is 0 Å². The van der Waals surface area contributed by atoms with Gasteiger partial charge in [0.1, 0.15) is 0 Å². The Morgan fingerprint density at radius 1 is 1.30 bits per heavy atom. The molecule has 1 N–H and O–H groups in total. The van der Waals surface area contributed by atoms with Gasteiger partial charge in [0.2, 0.25) is 0 Å². The normalized spacial score (nSPS) is 11.5. The Kier molecular flexibility index (Phi) is 1.99. The van der Waals surface area contributed by atoms with E-state index in [1.807, 2.05) is 0 Å². The number of benzene rings is 1. The van der Waals surface area contributed by atoms with Crippen molar-refractivity contribution >= 4 is 5.97 Å². The lowest BCUT2D eigenvalue weighted by Crippen LogP contribution is -1.89. The molecule has 1 rings (SSSR count). The molecule has 0 atom stereocenters. The Morgan fingerprint density at radius 3 is 2.40 bits per heavy atom. The van der Waals surface area contributed by atoms with Gasteiger partial charge in [-0.1, -0.05) is 35.5 Å². The Bertz CT molecular complexity index is 233. The van der Waals surface area contributed by atoms with E-state index in [0.29, 0.717) is 0 Å². The van der Waals surface area contributed by atoms with E-state index in [2.05, 4.69) is 5.16 Å². The van der Waals surface area contributed by atoms with E-state index in [-0.39, 0.29) is 5.56 Å². The first-order valence-corrected chi connectivity index (χ1v) is 2.77. The maximum atomic E-state index is 12.4. The van der Waals surface area contributed by atoms with Crippen molar-refractivity contribution in [2.24, 2.45) is 5.16 Å². The summed E-state index contributed by atoms with van der Waals surface area (Å²) in [5.74, 6) is -0.861. The number of oxime groups is 1. The maximum Gasteiger partial charge on any atom is 0.256 e. The monoisotopic (exact) mass is 139 g/mol. The van der Waals surface area contributed by atoms with E-state index >= 15 is 0 Å². The molecule has 0 aromatic heterocycles. The molecule has 52 valence electrons. The van der Waals surface area contributed by atoms with E-state index in [0.717, 1.165) is 0 Å². The van der Waals surface area contributed by atoms with Crippen LogP contribution in [-0.2, 0) is 0 Å². The quantitative estimate of drug-likeness (QED) is 0.359. The minimum Gasteiger partial charge on any atom is -0.408 e. The van der Waals surface area contributed by atoms with Gasteiger partial charge >= 0.3 is 0 Å². The molecule has 3 heteroatoms. The summed E-state index contributed by atoms with van der Waals surface area (Å²) in [4.78, 5) is 0. The van der Waals surface area contributed by atoms with Crippen LogP contribution < -0.4 is 0 Å². The number of halogens is 1. The van der Waals surface area contributed by atoms with E-state index in [9.17, 15) is 4.39 Å². The zero-order valence-electron chi connectivity index (χ0n) is 5.16. The van der Waals surface area contributed by atoms with Gasteiger partial charge in [0.25, 0.3) is 5.97 Å². The minimum absolute atomic E-state index is 0.282. The summed E-state index contributed by atoms with van der Waals surface area (Å²) >= 11 is 0. The summed E-state index contributed by atoms with van der Waals surface area (Å²) in [5, 5.41) is 10.4. The fourth-order valence-corrected chi connectivity index (χ4v) is 0.633. The van der Waals surface area contributed by atoms with Gasteiger partial charge in [-0.15, -0.1) is 0 Å². The fourth-order valence-electron chi connectivity index (χ4n) is 0.633. The molecule has 1 aromatic carbocycles. The highest BCUT2D eigenvalue weighted by atomic mass is 19.1. The molecule has 0 spiro atoms. The Labute approximate surface area is 57.6 Å². The third kappa shape index (κ3) is 1.31. The third-order valence-corrected chi connectivity index (χ3v) is 1.10. The van der Waals surface area contributed by atoms with Gasteiger partial charge < -0.3 is 5.21 Å². The van der Waals surface area contributed by atoms with E-state index in [1.54, 1.807) is 18.2 Å². The summed E-state index contributed by atoms with van der Waals surface area (Å²) in [6.45, 7) is 0. The highest BCUT2D eigenvalue weighted by Gasteiger charge is 1.97. The zero-order valence-corrected chi connectivity index (χ0v) is 5.16. The SMILES string of the molecule is ON=C(F)c1ccccc1. The average Bonchev–Trinajstić information content (AvgIpc) is 2.05. The van der Waals surface area contributed by atoms with E-state index in [1.165, 1.54) is 12.1 Å². The van der Waals surface area contributed by atoms with E-state index in [4.69, 9.17) is 5.21 Å². The average molecular weight is 139 g/mol. The molecule has 0 aliphatic rings. The van der Waals surface area contributed by atoms with Gasteiger partial charge in [-0.3, -0.25) is 0 Å². The van der Waals surface area contributed by atoms with Crippen LogP contribution in [0.5, 0.6) is 0 Å². The summed E-state index contributed by atoms with van der Waals surface area (Å²) in [7, 11) is 0. The van der Waals surface area contributed by atoms with Gasteiger partial charge in [-0.2, -0.15) is 4.39 Å². The summed E-state index contributed by atoms with van der Waals surface area (Å²) < 4.78 is 12.4. The third-order valence-electron chi connectivity index (χ3n) is 1.10. The molecular formula is C7H6FNO. The van der Waals surface area contributed by atoms with Gasteiger partial charge in [0, 0.05) is 5.56 Å². The molecular weight excluding hydrogens is 133 g/mol. The van der Waals surface area contributed by atoms with Crippen molar-refractivity contribution < 1.29 is 9.60 Å². The van der Waals surface area contributed by atoms with Gasteiger partial charge in [-0.05, 0) is 0 Å². The molecule has 0 bridgehead atoms. The molecule has 10 heavy (non-hydrogen) atoms. The van der Waals surface area contributed by atoms with Crippen LogP contribution in [0.25, 0.3) is 0 Å². The number of hydrogen-bond donors (Lipinski definition) is 1. The summed E-state index contributed by atoms with van der Waals surface area (Å²) in [5.41, 5.74) is 0.282. The predicted molar refractivity (Wildman–Crippen MR) is 35.9 cm³/mol. The van der Waals surface area contributed by atoms with Crippen molar-refractivity contribution in [2.45, 2.75) is 0 Å².